The highest BCUT2D eigenvalue weighted by Gasteiger charge is 2.26. The van der Waals surface area contributed by atoms with E-state index in [9.17, 15) is 0 Å². The first-order chi connectivity index (χ1) is 6.94. The number of nitrogens with zero attached hydrogens (tertiary/aromatic N) is 1. The molecule has 0 aromatic heterocycles. The molecule has 1 fully saturated rings. The molecular formula is C12H27N3. The van der Waals surface area contributed by atoms with Crippen LogP contribution in [0.3, 0.4) is 0 Å². The van der Waals surface area contributed by atoms with Crippen LogP contribution in [0.2, 0.25) is 0 Å². The van der Waals surface area contributed by atoms with Gasteiger partial charge in [0.25, 0.3) is 0 Å². The fourth-order valence-electron chi connectivity index (χ4n) is 2.10. The van der Waals surface area contributed by atoms with Gasteiger partial charge in [-0.3, -0.25) is 4.90 Å². The third kappa shape index (κ3) is 4.09. The molecule has 0 aromatic carbocycles. The van der Waals surface area contributed by atoms with Crippen LogP contribution in [0.1, 0.15) is 27.7 Å². The van der Waals surface area contributed by atoms with E-state index in [1.807, 2.05) is 0 Å². The van der Waals surface area contributed by atoms with Gasteiger partial charge in [-0.25, -0.2) is 0 Å². The highest BCUT2D eigenvalue weighted by Crippen LogP contribution is 2.17. The molecule has 90 valence electrons. The van der Waals surface area contributed by atoms with E-state index < -0.39 is 0 Å². The van der Waals surface area contributed by atoms with Gasteiger partial charge in [0.1, 0.15) is 0 Å². The zero-order valence-corrected chi connectivity index (χ0v) is 10.7. The van der Waals surface area contributed by atoms with Gasteiger partial charge in [0, 0.05) is 32.2 Å². The standard InChI is InChI=1S/C12H27N3/c1-10(2)11-7-15(6-5-14-11)9-12(3,4)8-13/h10-11,14H,5-9,13H2,1-4H3. The molecule has 0 amide bonds. The molecule has 1 saturated heterocycles. The Morgan fingerprint density at radius 2 is 2.13 bits per heavy atom. The van der Waals surface area contributed by atoms with Gasteiger partial charge >= 0.3 is 0 Å². The second kappa shape index (κ2) is 5.28. The lowest BCUT2D eigenvalue weighted by atomic mass is 9.92. The topological polar surface area (TPSA) is 41.3 Å². The Hall–Kier alpha value is -0.120. The first-order valence-corrected chi connectivity index (χ1v) is 6.10. The first-order valence-electron chi connectivity index (χ1n) is 6.10. The molecule has 0 aliphatic carbocycles. The summed E-state index contributed by atoms with van der Waals surface area (Å²) in [7, 11) is 0. The number of nitrogens with two attached hydrogens (primary N) is 1. The fourth-order valence-corrected chi connectivity index (χ4v) is 2.10. The van der Waals surface area contributed by atoms with Gasteiger partial charge < -0.3 is 11.1 Å². The Kier molecular flexibility index (Phi) is 4.56. The average Bonchev–Trinajstić information content (AvgIpc) is 2.17. The molecule has 1 aliphatic heterocycles. The van der Waals surface area contributed by atoms with Crippen molar-refractivity contribution in [3.05, 3.63) is 0 Å². The van der Waals surface area contributed by atoms with Crippen LogP contribution >= 0.6 is 0 Å². The van der Waals surface area contributed by atoms with E-state index in [0.717, 1.165) is 26.2 Å². The monoisotopic (exact) mass is 213 g/mol. The molecule has 3 N–H and O–H groups in total. The second-order valence-electron chi connectivity index (χ2n) is 5.91. The van der Waals surface area contributed by atoms with Crippen molar-refractivity contribution >= 4 is 0 Å². The minimum atomic E-state index is 0.249. The fraction of sp³-hybridized carbons (Fsp3) is 1.00. The third-order valence-electron chi connectivity index (χ3n) is 3.30. The summed E-state index contributed by atoms with van der Waals surface area (Å²) in [6, 6.07) is 0.646. The number of hydrogen-bond acceptors (Lipinski definition) is 3. The van der Waals surface area contributed by atoms with Crippen molar-refractivity contribution in [3.8, 4) is 0 Å². The van der Waals surface area contributed by atoms with Crippen LogP contribution in [0.5, 0.6) is 0 Å². The molecule has 1 atom stereocenters. The maximum Gasteiger partial charge on any atom is 0.0218 e. The third-order valence-corrected chi connectivity index (χ3v) is 3.30. The first kappa shape index (κ1) is 12.9. The van der Waals surface area contributed by atoms with E-state index in [-0.39, 0.29) is 5.41 Å². The van der Waals surface area contributed by atoms with Crippen molar-refractivity contribution < 1.29 is 0 Å². The summed E-state index contributed by atoms with van der Waals surface area (Å²) >= 11 is 0. The Bertz CT molecular complexity index is 189. The Balaban J connectivity index is 2.43. The SMILES string of the molecule is CC(C)C1CN(CC(C)(C)CN)CCN1. The summed E-state index contributed by atoms with van der Waals surface area (Å²) in [5, 5.41) is 3.58. The largest absolute Gasteiger partial charge is 0.330 e. The van der Waals surface area contributed by atoms with Crippen LogP contribution in [0.25, 0.3) is 0 Å². The van der Waals surface area contributed by atoms with Gasteiger partial charge in [-0.2, -0.15) is 0 Å². The van der Waals surface area contributed by atoms with Crippen molar-refractivity contribution in [2.24, 2.45) is 17.1 Å². The van der Waals surface area contributed by atoms with Gasteiger partial charge in [-0.1, -0.05) is 27.7 Å². The molecule has 3 heteroatoms. The van der Waals surface area contributed by atoms with Crippen LogP contribution in [0.4, 0.5) is 0 Å². The van der Waals surface area contributed by atoms with Gasteiger partial charge in [-0.05, 0) is 17.9 Å². The smallest absolute Gasteiger partial charge is 0.0218 e. The molecular weight excluding hydrogens is 186 g/mol. The summed E-state index contributed by atoms with van der Waals surface area (Å²) in [5.74, 6) is 0.716. The molecule has 0 saturated carbocycles. The quantitative estimate of drug-likeness (QED) is 0.729. The molecule has 0 aromatic rings. The lowest BCUT2D eigenvalue weighted by molar-refractivity contribution is 0.127. The number of rotatable bonds is 4. The normalized spacial score (nSPS) is 24.8. The van der Waals surface area contributed by atoms with Crippen molar-refractivity contribution in [1.29, 1.82) is 0 Å². The summed E-state index contributed by atoms with van der Waals surface area (Å²) < 4.78 is 0. The van der Waals surface area contributed by atoms with Crippen molar-refractivity contribution in [3.63, 3.8) is 0 Å². The molecule has 1 aliphatic rings. The average molecular weight is 213 g/mol. The van der Waals surface area contributed by atoms with Crippen LogP contribution in [0, 0.1) is 11.3 Å². The second-order valence-corrected chi connectivity index (χ2v) is 5.91. The maximum absolute atomic E-state index is 5.78. The Labute approximate surface area is 94.4 Å². The van der Waals surface area contributed by atoms with E-state index in [4.69, 9.17) is 5.73 Å². The minimum absolute atomic E-state index is 0.249. The maximum atomic E-state index is 5.78. The van der Waals surface area contributed by atoms with Crippen LogP contribution in [-0.2, 0) is 0 Å². The summed E-state index contributed by atoms with van der Waals surface area (Å²) in [6.07, 6.45) is 0. The minimum Gasteiger partial charge on any atom is -0.330 e. The van der Waals surface area contributed by atoms with Gasteiger partial charge in [0.2, 0.25) is 0 Å². The molecule has 3 nitrogen and oxygen atoms in total. The van der Waals surface area contributed by atoms with Crippen molar-refractivity contribution in [2.45, 2.75) is 33.7 Å². The summed E-state index contributed by atoms with van der Waals surface area (Å²) in [6.45, 7) is 14.4. The highest BCUT2D eigenvalue weighted by atomic mass is 15.2. The molecule has 1 rings (SSSR count). The number of nitrogens with one attached hydrogen (secondary N) is 1. The molecule has 0 spiro atoms. The number of piperazine rings is 1. The van der Waals surface area contributed by atoms with Crippen LogP contribution < -0.4 is 11.1 Å². The Morgan fingerprint density at radius 3 is 2.67 bits per heavy atom. The van der Waals surface area contributed by atoms with Gasteiger partial charge in [0.15, 0.2) is 0 Å². The van der Waals surface area contributed by atoms with E-state index >= 15 is 0 Å². The lowest BCUT2D eigenvalue weighted by Crippen LogP contribution is -2.55. The number of hydrogen-bond donors (Lipinski definition) is 2. The zero-order valence-electron chi connectivity index (χ0n) is 10.7. The van der Waals surface area contributed by atoms with Crippen molar-refractivity contribution in [1.82, 2.24) is 10.2 Å². The molecule has 1 heterocycles. The highest BCUT2D eigenvalue weighted by molar-refractivity contribution is 4.84. The van der Waals surface area contributed by atoms with E-state index in [0.29, 0.717) is 12.0 Å². The van der Waals surface area contributed by atoms with Gasteiger partial charge in [0.05, 0.1) is 0 Å². The summed E-state index contributed by atoms with van der Waals surface area (Å²) in [5.41, 5.74) is 6.02. The Morgan fingerprint density at radius 1 is 1.47 bits per heavy atom. The van der Waals surface area contributed by atoms with Gasteiger partial charge in [-0.15, -0.1) is 0 Å². The predicted octanol–water partition coefficient (Wildman–Crippen LogP) is 0.901. The van der Waals surface area contributed by atoms with Crippen molar-refractivity contribution in [2.75, 3.05) is 32.7 Å². The molecule has 0 radical (unpaired) electrons. The van der Waals surface area contributed by atoms with E-state index in [1.54, 1.807) is 0 Å². The predicted molar refractivity (Wildman–Crippen MR) is 65.9 cm³/mol. The molecule has 0 bridgehead atoms. The van der Waals surface area contributed by atoms with E-state index in [1.165, 1.54) is 6.54 Å². The summed E-state index contributed by atoms with van der Waals surface area (Å²) in [4.78, 5) is 2.55. The van der Waals surface area contributed by atoms with E-state index in [2.05, 4.69) is 37.9 Å². The lowest BCUT2D eigenvalue weighted by Gasteiger charge is -2.39. The molecule has 1 unspecified atom stereocenters. The zero-order chi connectivity index (χ0) is 11.5. The van der Waals surface area contributed by atoms with Crippen LogP contribution in [0.15, 0.2) is 0 Å². The molecule has 15 heavy (non-hydrogen) atoms. The van der Waals surface area contributed by atoms with Crippen LogP contribution in [-0.4, -0.2) is 43.7 Å².